The zero-order valence-corrected chi connectivity index (χ0v) is 12.4. The Morgan fingerprint density at radius 2 is 2.21 bits per heavy atom. The molecule has 1 aliphatic rings. The van der Waals surface area contributed by atoms with E-state index in [2.05, 4.69) is 42.4 Å². The van der Waals surface area contributed by atoms with Crippen molar-refractivity contribution in [1.29, 1.82) is 0 Å². The van der Waals surface area contributed by atoms with Crippen LogP contribution in [-0.2, 0) is 0 Å². The van der Waals surface area contributed by atoms with E-state index in [-0.39, 0.29) is 0 Å². The largest absolute Gasteiger partial charge is 0.495 e. The molecule has 1 heterocycles. The van der Waals surface area contributed by atoms with Crippen LogP contribution >= 0.6 is 0 Å². The van der Waals surface area contributed by atoms with Gasteiger partial charge in [0.1, 0.15) is 5.75 Å². The molecule has 1 aromatic carbocycles. The highest BCUT2D eigenvalue weighted by atomic mass is 16.5. The van der Waals surface area contributed by atoms with Gasteiger partial charge in [-0.05, 0) is 50.4 Å². The minimum absolute atomic E-state index is 0.687. The lowest BCUT2D eigenvalue weighted by atomic mass is 10.0. The van der Waals surface area contributed by atoms with Crippen molar-refractivity contribution in [2.24, 2.45) is 0 Å². The van der Waals surface area contributed by atoms with Crippen LogP contribution in [0, 0.1) is 6.92 Å². The lowest BCUT2D eigenvalue weighted by molar-refractivity contribution is 0.383. The Morgan fingerprint density at radius 3 is 2.89 bits per heavy atom. The van der Waals surface area contributed by atoms with Crippen LogP contribution in [-0.4, -0.2) is 33.3 Å². The van der Waals surface area contributed by atoms with Crippen molar-refractivity contribution in [2.45, 2.75) is 38.6 Å². The fraction of sp³-hybridized carbons (Fsp3) is 0.625. The van der Waals surface area contributed by atoms with Crippen LogP contribution < -0.4 is 15.0 Å². The molecule has 0 bridgehead atoms. The van der Waals surface area contributed by atoms with E-state index in [1.165, 1.54) is 43.5 Å². The first-order chi connectivity index (χ1) is 9.20. The molecule has 1 fully saturated rings. The summed E-state index contributed by atoms with van der Waals surface area (Å²) in [4.78, 5) is 2.31. The Morgan fingerprint density at radius 1 is 1.37 bits per heavy atom. The molecule has 1 N–H and O–H groups in total. The summed E-state index contributed by atoms with van der Waals surface area (Å²) in [6, 6.07) is 7.04. The first-order valence-electron chi connectivity index (χ1n) is 7.30. The minimum atomic E-state index is 0.687. The first-order valence-corrected chi connectivity index (χ1v) is 7.30. The van der Waals surface area contributed by atoms with Crippen LogP contribution in [0.1, 0.15) is 31.2 Å². The normalized spacial score (nSPS) is 19.2. The molecule has 0 saturated carbocycles. The van der Waals surface area contributed by atoms with E-state index in [9.17, 15) is 0 Å². The highest BCUT2D eigenvalue weighted by Gasteiger charge is 2.14. The third-order valence-electron chi connectivity index (χ3n) is 3.97. The van der Waals surface area contributed by atoms with Gasteiger partial charge in [0.15, 0.2) is 0 Å². The molecule has 1 aliphatic heterocycles. The molecule has 1 aromatic rings. The molecule has 3 nitrogen and oxygen atoms in total. The average Bonchev–Trinajstić information content (AvgIpc) is 2.46. The van der Waals surface area contributed by atoms with Crippen molar-refractivity contribution in [3.63, 3.8) is 0 Å². The number of methoxy groups -OCH3 is 1. The zero-order chi connectivity index (χ0) is 13.7. The second-order valence-corrected chi connectivity index (χ2v) is 5.53. The van der Waals surface area contributed by atoms with E-state index >= 15 is 0 Å². The first kappa shape index (κ1) is 14.2. The molecule has 0 amide bonds. The predicted molar refractivity (Wildman–Crippen MR) is 81.3 cm³/mol. The predicted octanol–water partition coefficient (Wildman–Crippen LogP) is 2.97. The van der Waals surface area contributed by atoms with E-state index in [0.29, 0.717) is 6.04 Å². The van der Waals surface area contributed by atoms with Gasteiger partial charge in [-0.25, -0.2) is 0 Å². The van der Waals surface area contributed by atoms with Gasteiger partial charge in [-0.1, -0.05) is 12.5 Å². The van der Waals surface area contributed by atoms with Crippen LogP contribution in [0.25, 0.3) is 0 Å². The third-order valence-corrected chi connectivity index (χ3v) is 3.97. The van der Waals surface area contributed by atoms with Crippen LogP contribution in [0.4, 0.5) is 5.69 Å². The molecular formula is C16H26N2O. The number of piperidine rings is 1. The van der Waals surface area contributed by atoms with Crippen LogP contribution in [0.2, 0.25) is 0 Å². The number of anilines is 1. The van der Waals surface area contributed by atoms with Crippen LogP contribution in [0.15, 0.2) is 18.2 Å². The van der Waals surface area contributed by atoms with Gasteiger partial charge in [-0.2, -0.15) is 0 Å². The van der Waals surface area contributed by atoms with Gasteiger partial charge in [0, 0.05) is 19.6 Å². The number of nitrogens with zero attached hydrogens (tertiary/aromatic N) is 1. The maximum atomic E-state index is 5.46. The van der Waals surface area contributed by atoms with Crippen molar-refractivity contribution in [3.05, 3.63) is 23.8 Å². The Kier molecular flexibility index (Phi) is 5.08. The topological polar surface area (TPSA) is 24.5 Å². The molecule has 1 unspecified atom stereocenters. The van der Waals surface area contributed by atoms with Crippen molar-refractivity contribution in [3.8, 4) is 5.75 Å². The number of hydrogen-bond donors (Lipinski definition) is 1. The maximum absolute atomic E-state index is 5.46. The molecule has 19 heavy (non-hydrogen) atoms. The van der Waals surface area contributed by atoms with Crippen molar-refractivity contribution in [2.75, 3.05) is 32.1 Å². The number of ether oxygens (including phenoxy) is 1. The number of nitrogens with one attached hydrogen (secondary N) is 1. The summed E-state index contributed by atoms with van der Waals surface area (Å²) < 4.78 is 5.46. The monoisotopic (exact) mass is 262 g/mol. The molecule has 3 heteroatoms. The summed E-state index contributed by atoms with van der Waals surface area (Å²) in [5, 5.41) is 3.61. The molecule has 106 valence electrons. The standard InChI is InChI=1S/C16H26N2O/c1-13-7-8-16(19-3)15(12-13)18(2)11-9-14-6-4-5-10-17-14/h7-8,12,14,17H,4-6,9-11H2,1-3H3. The molecule has 0 aromatic heterocycles. The van der Waals surface area contributed by atoms with Crippen molar-refractivity contribution in [1.82, 2.24) is 5.32 Å². The van der Waals surface area contributed by atoms with Crippen molar-refractivity contribution >= 4 is 5.69 Å². The van der Waals surface area contributed by atoms with Gasteiger partial charge < -0.3 is 15.0 Å². The lowest BCUT2D eigenvalue weighted by Crippen LogP contribution is -2.36. The van der Waals surface area contributed by atoms with E-state index in [1.807, 2.05) is 0 Å². The van der Waals surface area contributed by atoms with E-state index in [4.69, 9.17) is 4.74 Å². The fourth-order valence-corrected chi connectivity index (χ4v) is 2.74. The van der Waals surface area contributed by atoms with E-state index in [0.717, 1.165) is 12.3 Å². The van der Waals surface area contributed by atoms with Crippen LogP contribution in [0.3, 0.4) is 0 Å². The highest BCUT2D eigenvalue weighted by molar-refractivity contribution is 5.59. The summed E-state index contributed by atoms with van der Waals surface area (Å²) in [6.45, 7) is 4.37. The van der Waals surface area contributed by atoms with Gasteiger partial charge in [-0.15, -0.1) is 0 Å². The number of hydrogen-bond acceptors (Lipinski definition) is 3. The molecule has 2 rings (SSSR count). The maximum Gasteiger partial charge on any atom is 0.142 e. The molecule has 1 saturated heterocycles. The number of benzene rings is 1. The fourth-order valence-electron chi connectivity index (χ4n) is 2.74. The average molecular weight is 262 g/mol. The van der Waals surface area contributed by atoms with Crippen LogP contribution in [0.5, 0.6) is 5.75 Å². The number of rotatable bonds is 5. The van der Waals surface area contributed by atoms with Gasteiger partial charge >= 0.3 is 0 Å². The molecule has 0 spiro atoms. The van der Waals surface area contributed by atoms with Gasteiger partial charge in [0.05, 0.1) is 12.8 Å². The van der Waals surface area contributed by atoms with Gasteiger partial charge in [0.2, 0.25) is 0 Å². The molecule has 0 aliphatic carbocycles. The van der Waals surface area contributed by atoms with E-state index in [1.54, 1.807) is 7.11 Å². The Hall–Kier alpha value is -1.22. The summed E-state index contributed by atoms with van der Waals surface area (Å²) >= 11 is 0. The number of aryl methyl sites for hydroxylation is 1. The summed E-state index contributed by atoms with van der Waals surface area (Å²) in [6.07, 6.45) is 5.22. The Bertz CT molecular complexity index is 400. The zero-order valence-electron chi connectivity index (χ0n) is 12.4. The Labute approximate surface area is 116 Å². The second-order valence-electron chi connectivity index (χ2n) is 5.53. The molecular weight excluding hydrogens is 236 g/mol. The summed E-state index contributed by atoms with van der Waals surface area (Å²) in [5.41, 5.74) is 2.47. The van der Waals surface area contributed by atoms with E-state index < -0.39 is 0 Å². The minimum Gasteiger partial charge on any atom is -0.495 e. The third kappa shape index (κ3) is 3.87. The second kappa shape index (κ2) is 6.80. The molecule has 1 atom stereocenters. The quantitative estimate of drug-likeness (QED) is 0.883. The summed E-state index contributed by atoms with van der Waals surface area (Å²) in [7, 11) is 3.89. The SMILES string of the molecule is COc1ccc(C)cc1N(C)CCC1CCCCN1. The summed E-state index contributed by atoms with van der Waals surface area (Å²) in [5.74, 6) is 0.963. The van der Waals surface area contributed by atoms with Gasteiger partial charge in [-0.3, -0.25) is 0 Å². The molecule has 0 radical (unpaired) electrons. The smallest absolute Gasteiger partial charge is 0.142 e. The lowest BCUT2D eigenvalue weighted by Gasteiger charge is -2.27. The Balaban J connectivity index is 1.94. The van der Waals surface area contributed by atoms with Crippen molar-refractivity contribution < 1.29 is 4.74 Å². The highest BCUT2D eigenvalue weighted by Crippen LogP contribution is 2.28. The van der Waals surface area contributed by atoms with Gasteiger partial charge in [0.25, 0.3) is 0 Å².